The van der Waals surface area contributed by atoms with Crippen LogP contribution in [0.15, 0.2) is 12.1 Å². The normalized spacial score (nSPS) is 20.9. The van der Waals surface area contributed by atoms with E-state index in [0.717, 1.165) is 12.8 Å². The number of benzene rings is 1. The molecular weight excluding hydrogens is 349 g/mol. The minimum Gasteiger partial charge on any atom is -0.506 e. The first-order valence-electron chi connectivity index (χ1n) is 8.33. The molecule has 1 heterocycles. The van der Waals surface area contributed by atoms with Crippen molar-refractivity contribution in [2.45, 2.75) is 44.7 Å². The quantitative estimate of drug-likeness (QED) is 0.837. The molecule has 138 valence electrons. The molecule has 3 rings (SSSR count). The molecule has 0 bridgehead atoms. The number of carbonyl (C=O) groups is 1. The van der Waals surface area contributed by atoms with Gasteiger partial charge in [0.1, 0.15) is 18.0 Å². The average Bonchev–Trinajstić information content (AvgIpc) is 2.80. The second-order valence-electron chi connectivity index (χ2n) is 6.69. The van der Waals surface area contributed by atoms with Crippen molar-refractivity contribution < 1.29 is 22.7 Å². The molecule has 1 aliphatic carbocycles. The minimum atomic E-state index is -4.16. The van der Waals surface area contributed by atoms with Crippen LogP contribution in [0.4, 0.5) is 10.1 Å². The highest BCUT2D eigenvalue weighted by Crippen LogP contribution is 2.35. The Morgan fingerprint density at radius 1 is 1.32 bits per heavy atom. The number of hydrogen-bond acceptors (Lipinski definition) is 5. The molecule has 0 atom stereocenters. The van der Waals surface area contributed by atoms with E-state index in [2.05, 4.69) is 4.90 Å². The zero-order chi connectivity index (χ0) is 18.2. The molecule has 2 fully saturated rings. The zero-order valence-corrected chi connectivity index (χ0v) is 14.9. The van der Waals surface area contributed by atoms with Crippen LogP contribution in [0.3, 0.4) is 0 Å². The molecule has 9 heteroatoms. The molecule has 2 N–H and O–H groups in total. The molecule has 1 saturated carbocycles. The van der Waals surface area contributed by atoms with E-state index in [4.69, 9.17) is 0 Å². The van der Waals surface area contributed by atoms with Crippen LogP contribution in [0.1, 0.15) is 37.7 Å². The number of halogens is 1. The second-order valence-corrected chi connectivity index (χ2v) is 8.28. The number of phenolic OH excluding ortho intramolecular Hbond substituents is 1. The Morgan fingerprint density at radius 2 is 2.00 bits per heavy atom. The average molecular weight is 371 g/mol. The van der Waals surface area contributed by atoms with Gasteiger partial charge in [-0.25, -0.2) is 13.4 Å². The Labute approximate surface area is 146 Å². The lowest BCUT2D eigenvalue weighted by Crippen LogP contribution is -2.33. The van der Waals surface area contributed by atoms with Crippen molar-refractivity contribution >= 4 is 21.8 Å². The van der Waals surface area contributed by atoms with Gasteiger partial charge in [-0.2, -0.15) is 8.42 Å². The van der Waals surface area contributed by atoms with E-state index in [9.17, 15) is 22.7 Å². The Kier molecular flexibility index (Phi) is 4.88. The predicted molar refractivity (Wildman–Crippen MR) is 90.8 cm³/mol. The lowest BCUT2D eigenvalue weighted by molar-refractivity contribution is -0.117. The fourth-order valence-corrected chi connectivity index (χ4v) is 4.73. The van der Waals surface area contributed by atoms with Gasteiger partial charge in [0.05, 0.1) is 0 Å². The number of aromatic hydroxyl groups is 1. The Morgan fingerprint density at radius 3 is 2.56 bits per heavy atom. The highest BCUT2D eigenvalue weighted by Gasteiger charge is 2.37. The summed E-state index contributed by atoms with van der Waals surface area (Å²) in [4.78, 5) is 13.4. The van der Waals surface area contributed by atoms with Gasteiger partial charge in [-0.1, -0.05) is 19.3 Å². The van der Waals surface area contributed by atoms with Crippen molar-refractivity contribution in [2.24, 2.45) is 0 Å². The van der Waals surface area contributed by atoms with Crippen LogP contribution in [0.2, 0.25) is 0 Å². The van der Waals surface area contributed by atoms with Crippen LogP contribution in [0.5, 0.6) is 5.75 Å². The maximum atomic E-state index is 14.5. The summed E-state index contributed by atoms with van der Waals surface area (Å²) < 4.78 is 40.5. The molecule has 0 radical (unpaired) electrons. The number of nitrogens with one attached hydrogen (secondary N) is 1. The Hall–Kier alpha value is -1.87. The van der Waals surface area contributed by atoms with Crippen LogP contribution in [0.25, 0.3) is 0 Å². The number of carbonyl (C=O) groups excluding carboxylic acids is 1. The number of anilines is 1. The van der Waals surface area contributed by atoms with E-state index in [1.54, 1.807) is 4.72 Å². The molecule has 1 aliphatic heterocycles. The van der Waals surface area contributed by atoms with Gasteiger partial charge in [0.25, 0.3) is 5.91 Å². The smallest absolute Gasteiger partial charge is 0.326 e. The predicted octanol–water partition coefficient (Wildman–Crippen LogP) is 1.48. The van der Waals surface area contributed by atoms with Crippen molar-refractivity contribution in [2.75, 3.05) is 17.9 Å². The van der Waals surface area contributed by atoms with E-state index in [1.165, 1.54) is 31.4 Å². The highest BCUT2D eigenvalue weighted by molar-refractivity contribution is 7.92. The number of amides is 1. The van der Waals surface area contributed by atoms with Crippen molar-refractivity contribution in [1.82, 2.24) is 9.62 Å². The van der Waals surface area contributed by atoms with Crippen LogP contribution < -0.4 is 9.03 Å². The van der Waals surface area contributed by atoms with Gasteiger partial charge in [-0.3, -0.25) is 9.69 Å². The molecule has 7 nitrogen and oxygen atoms in total. The van der Waals surface area contributed by atoms with Crippen molar-refractivity contribution in [1.29, 1.82) is 0 Å². The van der Waals surface area contributed by atoms with Gasteiger partial charge >= 0.3 is 10.2 Å². The van der Waals surface area contributed by atoms with Gasteiger partial charge in [0.15, 0.2) is 5.82 Å². The molecule has 0 aromatic heterocycles. The molecule has 25 heavy (non-hydrogen) atoms. The van der Waals surface area contributed by atoms with Gasteiger partial charge in [0, 0.05) is 12.6 Å². The molecule has 1 aromatic carbocycles. The van der Waals surface area contributed by atoms with Crippen LogP contribution >= 0.6 is 0 Å². The van der Waals surface area contributed by atoms with Gasteiger partial charge < -0.3 is 5.11 Å². The highest BCUT2D eigenvalue weighted by atomic mass is 32.2. The summed E-state index contributed by atoms with van der Waals surface area (Å²) in [6, 6.07) is 3.00. The summed E-state index contributed by atoms with van der Waals surface area (Å²) in [7, 11) is -2.20. The molecule has 0 unspecified atom stereocenters. The second kappa shape index (κ2) is 6.80. The van der Waals surface area contributed by atoms with E-state index < -0.39 is 39.9 Å². The first-order chi connectivity index (χ1) is 11.8. The SMILES string of the molecule is CN(Cc1cc(O)c(N2CC(=O)NS2(=O)=O)c(F)c1)C1CCCCC1. The summed E-state index contributed by atoms with van der Waals surface area (Å²) in [6.45, 7) is -0.0898. The molecule has 0 spiro atoms. The fraction of sp³-hybridized carbons (Fsp3) is 0.562. The molecular formula is C16H22FN3O4S. The third kappa shape index (κ3) is 3.72. The Balaban J connectivity index is 1.82. The van der Waals surface area contributed by atoms with E-state index in [1.807, 2.05) is 7.05 Å². The third-order valence-corrected chi connectivity index (χ3v) is 6.18. The first-order valence-corrected chi connectivity index (χ1v) is 9.77. The largest absolute Gasteiger partial charge is 0.506 e. The number of hydrogen-bond donors (Lipinski definition) is 2. The van der Waals surface area contributed by atoms with E-state index >= 15 is 0 Å². The zero-order valence-electron chi connectivity index (χ0n) is 14.0. The van der Waals surface area contributed by atoms with Crippen molar-refractivity contribution in [3.8, 4) is 5.75 Å². The van der Waals surface area contributed by atoms with E-state index in [0.29, 0.717) is 22.5 Å². The summed E-state index contributed by atoms with van der Waals surface area (Å²) in [6.07, 6.45) is 5.81. The molecule has 1 saturated heterocycles. The summed E-state index contributed by atoms with van der Waals surface area (Å²) in [5.74, 6) is -2.13. The summed E-state index contributed by atoms with van der Waals surface area (Å²) in [5, 5.41) is 10.2. The maximum absolute atomic E-state index is 14.5. The van der Waals surface area contributed by atoms with Crippen LogP contribution in [0, 0.1) is 5.82 Å². The van der Waals surface area contributed by atoms with Gasteiger partial charge in [0.2, 0.25) is 0 Å². The van der Waals surface area contributed by atoms with Crippen LogP contribution in [-0.2, 0) is 21.5 Å². The van der Waals surface area contributed by atoms with E-state index in [-0.39, 0.29) is 0 Å². The fourth-order valence-electron chi connectivity index (χ4n) is 3.56. The monoisotopic (exact) mass is 371 g/mol. The van der Waals surface area contributed by atoms with Gasteiger partial charge in [-0.05, 0) is 37.6 Å². The third-order valence-electron chi connectivity index (χ3n) is 4.80. The lowest BCUT2D eigenvalue weighted by atomic mass is 9.94. The number of nitrogens with zero attached hydrogens (tertiary/aromatic N) is 2. The summed E-state index contributed by atoms with van der Waals surface area (Å²) in [5.41, 5.74) is 0.0603. The lowest BCUT2D eigenvalue weighted by Gasteiger charge is -2.31. The first kappa shape index (κ1) is 17.9. The maximum Gasteiger partial charge on any atom is 0.326 e. The number of phenols is 1. The van der Waals surface area contributed by atoms with Crippen molar-refractivity contribution in [3.05, 3.63) is 23.5 Å². The Bertz CT molecular complexity index is 755. The molecule has 2 aliphatic rings. The molecule has 1 amide bonds. The summed E-state index contributed by atoms with van der Waals surface area (Å²) >= 11 is 0. The van der Waals surface area contributed by atoms with Gasteiger partial charge in [-0.15, -0.1) is 0 Å². The minimum absolute atomic E-state index is 0.430. The van der Waals surface area contributed by atoms with Crippen molar-refractivity contribution in [3.63, 3.8) is 0 Å². The number of rotatable bonds is 4. The molecule has 1 aromatic rings. The topological polar surface area (TPSA) is 89.9 Å². The van der Waals surface area contributed by atoms with Crippen LogP contribution in [-0.4, -0.2) is 44.0 Å². The standard InChI is InChI=1S/C16H22FN3O4S/c1-19(12-5-3-2-4-6-12)9-11-7-13(17)16(14(21)8-11)20-10-15(22)18-25(20,23)24/h7-8,12,21H,2-6,9-10H2,1H3,(H,18,22).